The van der Waals surface area contributed by atoms with Gasteiger partial charge < -0.3 is 15.0 Å². The molecule has 1 fully saturated rings. The third kappa shape index (κ3) is 6.02. The molecule has 0 saturated carbocycles. The van der Waals surface area contributed by atoms with Crippen LogP contribution in [-0.2, 0) is 21.8 Å². The molecule has 32 heavy (non-hydrogen) atoms. The van der Waals surface area contributed by atoms with Gasteiger partial charge in [0, 0.05) is 37.3 Å². The highest BCUT2D eigenvalue weighted by Crippen LogP contribution is 2.24. The number of aromatic nitrogens is 4. The van der Waals surface area contributed by atoms with Crippen molar-refractivity contribution in [3.63, 3.8) is 0 Å². The number of nitrogens with one attached hydrogen (secondary N) is 1. The molecular formula is C22H26N6O2S2. The van der Waals surface area contributed by atoms with Crippen molar-refractivity contribution < 1.29 is 9.53 Å². The van der Waals surface area contributed by atoms with Gasteiger partial charge in [0.2, 0.25) is 11.9 Å². The summed E-state index contributed by atoms with van der Waals surface area (Å²) in [5, 5.41) is 13.4. The van der Waals surface area contributed by atoms with E-state index in [0.717, 1.165) is 52.8 Å². The van der Waals surface area contributed by atoms with Crippen LogP contribution in [0.1, 0.15) is 12.5 Å². The number of benzene rings is 1. The first kappa shape index (κ1) is 22.6. The van der Waals surface area contributed by atoms with Gasteiger partial charge in [-0.05, 0) is 36.8 Å². The van der Waals surface area contributed by atoms with Crippen LogP contribution < -0.4 is 10.2 Å². The van der Waals surface area contributed by atoms with E-state index in [-0.39, 0.29) is 11.7 Å². The average molecular weight is 471 g/mol. The lowest BCUT2D eigenvalue weighted by molar-refractivity contribution is -0.113. The molecule has 1 aliphatic heterocycles. The Morgan fingerprint density at radius 3 is 2.78 bits per heavy atom. The molecule has 1 amide bonds. The molecule has 3 heterocycles. The van der Waals surface area contributed by atoms with Gasteiger partial charge in [-0.2, -0.15) is 0 Å². The number of hydrogen-bond donors (Lipinski definition) is 1. The summed E-state index contributed by atoms with van der Waals surface area (Å²) in [4.78, 5) is 19.1. The molecule has 0 atom stereocenters. The third-order valence-electron chi connectivity index (χ3n) is 4.88. The minimum Gasteiger partial charge on any atom is -0.378 e. The summed E-state index contributed by atoms with van der Waals surface area (Å²) in [5.41, 5.74) is 1.92. The number of ether oxygens (including phenoxy) is 1. The zero-order valence-electron chi connectivity index (χ0n) is 17.9. The van der Waals surface area contributed by atoms with Gasteiger partial charge in [0.15, 0.2) is 5.16 Å². The van der Waals surface area contributed by atoms with Crippen LogP contribution >= 0.6 is 23.5 Å². The van der Waals surface area contributed by atoms with Gasteiger partial charge in [0.05, 0.1) is 24.0 Å². The zero-order valence-corrected chi connectivity index (χ0v) is 19.6. The molecule has 2 aromatic heterocycles. The molecular weight excluding hydrogens is 444 g/mol. The van der Waals surface area contributed by atoms with E-state index < -0.39 is 0 Å². The first-order chi connectivity index (χ1) is 15.7. The van der Waals surface area contributed by atoms with Crippen LogP contribution in [0.25, 0.3) is 0 Å². The highest BCUT2D eigenvalue weighted by molar-refractivity contribution is 7.99. The Balaban J connectivity index is 1.31. The number of morpholine rings is 1. The maximum Gasteiger partial charge on any atom is 0.234 e. The van der Waals surface area contributed by atoms with Crippen LogP contribution in [0.15, 0.2) is 58.8 Å². The van der Waals surface area contributed by atoms with Crippen molar-refractivity contribution in [1.82, 2.24) is 19.7 Å². The summed E-state index contributed by atoms with van der Waals surface area (Å²) in [6, 6.07) is 13.8. The number of rotatable bonds is 9. The van der Waals surface area contributed by atoms with Crippen LogP contribution in [0.4, 0.5) is 11.6 Å². The quantitative estimate of drug-likeness (QED) is 0.475. The number of pyridine rings is 1. The number of anilines is 2. The summed E-state index contributed by atoms with van der Waals surface area (Å²) in [5.74, 6) is 1.84. The molecule has 1 aromatic carbocycles. The molecule has 8 nitrogen and oxygen atoms in total. The normalized spacial score (nSPS) is 13.8. The Bertz CT molecular complexity index is 1020. The maximum atomic E-state index is 12.6. The number of hydrogen-bond acceptors (Lipinski definition) is 8. The predicted octanol–water partition coefficient (Wildman–Crippen LogP) is 3.55. The molecule has 0 aliphatic carbocycles. The molecule has 4 rings (SSSR count). The number of amides is 1. The van der Waals surface area contributed by atoms with Crippen molar-refractivity contribution in [3.05, 3.63) is 54.2 Å². The molecule has 168 valence electrons. The van der Waals surface area contributed by atoms with Gasteiger partial charge in [-0.15, -0.1) is 22.0 Å². The maximum absolute atomic E-state index is 12.6. The highest BCUT2D eigenvalue weighted by atomic mass is 32.2. The highest BCUT2D eigenvalue weighted by Gasteiger charge is 2.20. The molecule has 1 N–H and O–H groups in total. The summed E-state index contributed by atoms with van der Waals surface area (Å²) < 4.78 is 7.48. The van der Waals surface area contributed by atoms with Crippen LogP contribution in [0.2, 0.25) is 0 Å². The lowest BCUT2D eigenvalue weighted by atomic mass is 10.2. The summed E-state index contributed by atoms with van der Waals surface area (Å²) in [6.07, 6.45) is 1.79. The summed E-state index contributed by atoms with van der Waals surface area (Å²) >= 11 is 3.07. The second kappa shape index (κ2) is 11.3. The van der Waals surface area contributed by atoms with Crippen molar-refractivity contribution in [2.24, 2.45) is 0 Å². The van der Waals surface area contributed by atoms with E-state index in [2.05, 4.69) is 43.0 Å². The Morgan fingerprint density at radius 1 is 1.12 bits per heavy atom. The molecule has 1 aliphatic rings. The van der Waals surface area contributed by atoms with Crippen LogP contribution in [0, 0.1) is 0 Å². The molecule has 0 spiro atoms. The van der Waals surface area contributed by atoms with E-state index in [1.54, 1.807) is 18.0 Å². The van der Waals surface area contributed by atoms with E-state index in [0.29, 0.717) is 13.2 Å². The molecule has 10 heteroatoms. The second-order valence-electron chi connectivity index (χ2n) is 7.12. The number of carbonyl (C=O) groups is 1. The van der Waals surface area contributed by atoms with Crippen LogP contribution in [0.5, 0.6) is 0 Å². The largest absolute Gasteiger partial charge is 0.378 e. The van der Waals surface area contributed by atoms with E-state index in [1.165, 1.54) is 11.8 Å². The van der Waals surface area contributed by atoms with E-state index in [9.17, 15) is 4.79 Å². The first-order valence-corrected chi connectivity index (χ1v) is 12.5. The van der Waals surface area contributed by atoms with Crippen molar-refractivity contribution in [2.75, 3.05) is 42.3 Å². The lowest BCUT2D eigenvalue weighted by Crippen LogP contribution is -2.38. The van der Waals surface area contributed by atoms with Crippen LogP contribution in [-0.4, -0.2) is 57.7 Å². The van der Waals surface area contributed by atoms with Crippen molar-refractivity contribution in [1.29, 1.82) is 0 Å². The number of nitrogens with zero attached hydrogens (tertiary/aromatic N) is 5. The van der Waals surface area contributed by atoms with Crippen LogP contribution in [0.3, 0.4) is 0 Å². The van der Waals surface area contributed by atoms with E-state index in [1.807, 2.05) is 36.4 Å². The van der Waals surface area contributed by atoms with E-state index >= 15 is 0 Å². The fourth-order valence-electron chi connectivity index (χ4n) is 3.32. The average Bonchev–Trinajstić information content (AvgIpc) is 3.26. The minimum absolute atomic E-state index is 0.0666. The third-order valence-corrected chi connectivity index (χ3v) is 6.86. The van der Waals surface area contributed by atoms with Crippen molar-refractivity contribution in [2.45, 2.75) is 29.4 Å². The Labute approximate surface area is 196 Å². The smallest absolute Gasteiger partial charge is 0.234 e. The van der Waals surface area contributed by atoms with Crippen molar-refractivity contribution >= 4 is 41.1 Å². The molecule has 3 aromatic rings. The monoisotopic (exact) mass is 470 g/mol. The SMILES string of the molecule is CCn1c(SCC(=O)Nc2cccc(CSc3ccccn3)c2)nnc1N1CCOCC1. The Kier molecular flexibility index (Phi) is 8.02. The minimum atomic E-state index is -0.0666. The van der Waals surface area contributed by atoms with Gasteiger partial charge in [0.1, 0.15) is 0 Å². The Hall–Kier alpha value is -2.56. The first-order valence-electron chi connectivity index (χ1n) is 10.5. The molecule has 0 unspecified atom stereocenters. The predicted molar refractivity (Wildman–Crippen MR) is 128 cm³/mol. The molecule has 0 radical (unpaired) electrons. The molecule has 1 saturated heterocycles. The Morgan fingerprint density at radius 2 is 2.00 bits per heavy atom. The zero-order chi connectivity index (χ0) is 22.2. The summed E-state index contributed by atoms with van der Waals surface area (Å²) in [6.45, 7) is 5.81. The van der Waals surface area contributed by atoms with Gasteiger partial charge in [-0.1, -0.05) is 30.0 Å². The standard InChI is InChI=1S/C22H26N6O2S2/c1-2-28-21(27-10-12-30-13-11-27)25-26-22(28)32-16-19(29)24-18-7-5-6-17(14-18)15-31-20-8-3-4-9-23-20/h3-9,14H,2,10-13,15-16H2,1H3,(H,24,29). The van der Waals surface area contributed by atoms with Gasteiger partial charge in [-0.25, -0.2) is 4.98 Å². The molecule has 0 bridgehead atoms. The fourth-order valence-corrected chi connectivity index (χ4v) is 4.92. The summed E-state index contributed by atoms with van der Waals surface area (Å²) in [7, 11) is 0. The number of carbonyl (C=O) groups excluding carboxylic acids is 1. The van der Waals surface area contributed by atoms with E-state index in [4.69, 9.17) is 4.74 Å². The fraction of sp³-hybridized carbons (Fsp3) is 0.364. The van der Waals surface area contributed by atoms with Gasteiger partial charge in [-0.3, -0.25) is 9.36 Å². The van der Waals surface area contributed by atoms with Crippen molar-refractivity contribution in [3.8, 4) is 0 Å². The van der Waals surface area contributed by atoms with Gasteiger partial charge in [0.25, 0.3) is 0 Å². The topological polar surface area (TPSA) is 85.2 Å². The lowest BCUT2D eigenvalue weighted by Gasteiger charge is -2.27. The second-order valence-corrected chi connectivity index (χ2v) is 9.06. The number of thioether (sulfide) groups is 2. The van der Waals surface area contributed by atoms with Gasteiger partial charge >= 0.3 is 0 Å².